The SMILES string of the molecule is O=C(Nc1ccc(S(=O)(=O)N2CCCCCC2)cc1F)c1ccccc1F. The molecule has 1 amide bonds. The number of anilines is 1. The van der Waals surface area contributed by atoms with Gasteiger partial charge in [0.05, 0.1) is 16.1 Å². The Morgan fingerprint density at radius 2 is 1.59 bits per heavy atom. The lowest BCUT2D eigenvalue weighted by Crippen LogP contribution is -2.32. The van der Waals surface area contributed by atoms with E-state index < -0.39 is 27.6 Å². The molecule has 3 rings (SSSR count). The summed E-state index contributed by atoms with van der Waals surface area (Å²) in [6.07, 6.45) is 3.50. The number of carbonyl (C=O) groups is 1. The Morgan fingerprint density at radius 1 is 0.926 bits per heavy atom. The number of sulfonamides is 1. The second-order valence-electron chi connectivity index (χ2n) is 6.39. The molecule has 0 unspecified atom stereocenters. The van der Waals surface area contributed by atoms with Crippen molar-refractivity contribution in [2.75, 3.05) is 18.4 Å². The smallest absolute Gasteiger partial charge is 0.258 e. The first-order valence-electron chi connectivity index (χ1n) is 8.75. The van der Waals surface area contributed by atoms with Gasteiger partial charge in [-0.05, 0) is 43.2 Å². The van der Waals surface area contributed by atoms with Crippen molar-refractivity contribution in [2.24, 2.45) is 0 Å². The van der Waals surface area contributed by atoms with Crippen LogP contribution in [0, 0.1) is 11.6 Å². The topological polar surface area (TPSA) is 66.5 Å². The largest absolute Gasteiger partial charge is 0.319 e. The van der Waals surface area contributed by atoms with E-state index in [0.717, 1.165) is 37.8 Å². The summed E-state index contributed by atoms with van der Waals surface area (Å²) in [6.45, 7) is 0.825. The highest BCUT2D eigenvalue weighted by molar-refractivity contribution is 7.89. The maximum Gasteiger partial charge on any atom is 0.258 e. The molecule has 144 valence electrons. The molecule has 1 saturated heterocycles. The minimum absolute atomic E-state index is 0.161. The third-order valence-electron chi connectivity index (χ3n) is 4.51. The highest BCUT2D eigenvalue weighted by Gasteiger charge is 2.26. The van der Waals surface area contributed by atoms with Crippen molar-refractivity contribution in [3.05, 3.63) is 59.7 Å². The average molecular weight is 394 g/mol. The third kappa shape index (κ3) is 4.33. The molecule has 0 aliphatic carbocycles. The number of benzene rings is 2. The molecule has 1 N–H and O–H groups in total. The van der Waals surface area contributed by atoms with Crippen LogP contribution in [0.2, 0.25) is 0 Å². The lowest BCUT2D eigenvalue weighted by molar-refractivity contribution is 0.102. The van der Waals surface area contributed by atoms with E-state index in [-0.39, 0.29) is 16.1 Å². The van der Waals surface area contributed by atoms with Crippen LogP contribution < -0.4 is 5.32 Å². The Kier molecular flexibility index (Phi) is 5.86. The van der Waals surface area contributed by atoms with Crippen LogP contribution in [-0.4, -0.2) is 31.7 Å². The number of hydrogen-bond donors (Lipinski definition) is 1. The van der Waals surface area contributed by atoms with E-state index in [1.165, 1.54) is 34.6 Å². The van der Waals surface area contributed by atoms with Gasteiger partial charge < -0.3 is 5.32 Å². The molecule has 0 spiro atoms. The molecule has 5 nitrogen and oxygen atoms in total. The molecular weight excluding hydrogens is 374 g/mol. The van der Waals surface area contributed by atoms with Crippen LogP contribution >= 0.6 is 0 Å². The Balaban J connectivity index is 1.81. The van der Waals surface area contributed by atoms with Gasteiger partial charge in [0.15, 0.2) is 0 Å². The van der Waals surface area contributed by atoms with E-state index >= 15 is 0 Å². The Labute approximate surface area is 157 Å². The zero-order valence-corrected chi connectivity index (χ0v) is 15.4. The minimum Gasteiger partial charge on any atom is -0.319 e. The summed E-state index contributed by atoms with van der Waals surface area (Å²) >= 11 is 0. The van der Waals surface area contributed by atoms with Crippen molar-refractivity contribution in [1.82, 2.24) is 4.31 Å². The first-order valence-corrected chi connectivity index (χ1v) is 10.2. The van der Waals surface area contributed by atoms with Crippen LogP contribution in [0.1, 0.15) is 36.0 Å². The van der Waals surface area contributed by atoms with Crippen LogP contribution in [0.4, 0.5) is 14.5 Å². The van der Waals surface area contributed by atoms with Crippen LogP contribution in [0.5, 0.6) is 0 Å². The van der Waals surface area contributed by atoms with Crippen LogP contribution in [0.15, 0.2) is 47.4 Å². The van der Waals surface area contributed by atoms with Crippen LogP contribution in [0.25, 0.3) is 0 Å². The molecular formula is C19H20F2N2O3S. The molecule has 2 aromatic carbocycles. The standard InChI is InChI=1S/C19H20F2N2O3S/c20-16-8-4-3-7-15(16)19(24)22-18-10-9-14(13-17(18)21)27(25,26)23-11-5-1-2-6-12-23/h3-4,7-10,13H,1-2,5-6,11-12H2,(H,22,24). The molecule has 1 heterocycles. The quantitative estimate of drug-likeness (QED) is 0.858. The van der Waals surface area contributed by atoms with Crippen LogP contribution in [-0.2, 0) is 10.0 Å². The lowest BCUT2D eigenvalue weighted by atomic mass is 10.2. The molecule has 1 aliphatic rings. The second-order valence-corrected chi connectivity index (χ2v) is 8.33. The fourth-order valence-electron chi connectivity index (χ4n) is 3.02. The number of nitrogens with one attached hydrogen (secondary N) is 1. The monoisotopic (exact) mass is 394 g/mol. The summed E-state index contributed by atoms with van der Waals surface area (Å²) in [4.78, 5) is 11.9. The molecule has 0 saturated carbocycles. The van der Waals surface area contributed by atoms with Gasteiger partial charge in [0, 0.05) is 13.1 Å². The summed E-state index contributed by atoms with van der Waals surface area (Å²) in [5.74, 6) is -2.43. The van der Waals surface area contributed by atoms with Gasteiger partial charge >= 0.3 is 0 Å². The van der Waals surface area contributed by atoms with Gasteiger partial charge in [0.25, 0.3) is 5.91 Å². The molecule has 0 radical (unpaired) electrons. The number of rotatable bonds is 4. The normalized spacial score (nSPS) is 15.9. The Bertz CT molecular complexity index is 940. The van der Waals surface area contributed by atoms with Crippen molar-refractivity contribution < 1.29 is 22.0 Å². The predicted molar refractivity (Wildman–Crippen MR) is 98.0 cm³/mol. The average Bonchev–Trinajstić information content (AvgIpc) is 2.93. The molecule has 0 atom stereocenters. The first-order chi connectivity index (χ1) is 12.9. The second kappa shape index (κ2) is 8.14. The number of amides is 1. The van der Waals surface area contributed by atoms with E-state index in [0.29, 0.717) is 13.1 Å². The third-order valence-corrected chi connectivity index (χ3v) is 6.40. The minimum atomic E-state index is -3.79. The van der Waals surface area contributed by atoms with Gasteiger partial charge in [-0.2, -0.15) is 4.31 Å². The molecule has 0 bridgehead atoms. The van der Waals surface area contributed by atoms with Crippen molar-refractivity contribution in [3.8, 4) is 0 Å². The highest BCUT2D eigenvalue weighted by atomic mass is 32.2. The van der Waals surface area contributed by atoms with E-state index in [9.17, 15) is 22.0 Å². The first kappa shape index (κ1) is 19.4. The van der Waals surface area contributed by atoms with Gasteiger partial charge in [0.1, 0.15) is 11.6 Å². The van der Waals surface area contributed by atoms with E-state index in [1.807, 2.05) is 0 Å². The maximum atomic E-state index is 14.4. The summed E-state index contributed by atoms with van der Waals surface area (Å²) in [7, 11) is -3.79. The van der Waals surface area contributed by atoms with E-state index in [1.54, 1.807) is 0 Å². The number of hydrogen-bond acceptors (Lipinski definition) is 3. The Morgan fingerprint density at radius 3 is 2.22 bits per heavy atom. The summed E-state index contributed by atoms with van der Waals surface area (Å²) in [6, 6.07) is 8.65. The summed E-state index contributed by atoms with van der Waals surface area (Å²) < 4.78 is 54.9. The maximum absolute atomic E-state index is 14.4. The molecule has 2 aromatic rings. The van der Waals surface area contributed by atoms with Crippen LogP contribution in [0.3, 0.4) is 0 Å². The van der Waals surface area contributed by atoms with Gasteiger partial charge in [0.2, 0.25) is 10.0 Å². The molecule has 1 aliphatic heterocycles. The summed E-state index contributed by atoms with van der Waals surface area (Å²) in [5, 5.41) is 2.27. The van der Waals surface area contributed by atoms with E-state index in [4.69, 9.17) is 0 Å². The molecule has 27 heavy (non-hydrogen) atoms. The number of halogens is 2. The van der Waals surface area contributed by atoms with Gasteiger partial charge in [-0.1, -0.05) is 25.0 Å². The van der Waals surface area contributed by atoms with Gasteiger partial charge in [-0.25, -0.2) is 17.2 Å². The van der Waals surface area contributed by atoms with Gasteiger partial charge in [-0.15, -0.1) is 0 Å². The van der Waals surface area contributed by atoms with Crippen molar-refractivity contribution >= 4 is 21.6 Å². The van der Waals surface area contributed by atoms with Crippen molar-refractivity contribution in [3.63, 3.8) is 0 Å². The zero-order valence-electron chi connectivity index (χ0n) is 14.6. The van der Waals surface area contributed by atoms with Crippen molar-refractivity contribution in [1.29, 1.82) is 0 Å². The number of nitrogens with zero attached hydrogens (tertiary/aromatic N) is 1. The van der Waals surface area contributed by atoms with E-state index in [2.05, 4.69) is 5.32 Å². The lowest BCUT2D eigenvalue weighted by Gasteiger charge is -2.20. The van der Waals surface area contributed by atoms with Crippen molar-refractivity contribution in [2.45, 2.75) is 30.6 Å². The van der Waals surface area contributed by atoms with Gasteiger partial charge in [-0.3, -0.25) is 4.79 Å². The fraction of sp³-hybridized carbons (Fsp3) is 0.316. The highest BCUT2D eigenvalue weighted by Crippen LogP contribution is 2.24. The number of carbonyl (C=O) groups excluding carboxylic acids is 1. The molecule has 0 aromatic heterocycles. The summed E-state index contributed by atoms with van der Waals surface area (Å²) in [5.41, 5.74) is -0.434. The fourth-order valence-corrected chi connectivity index (χ4v) is 4.55. The zero-order chi connectivity index (χ0) is 19.4. The molecule has 1 fully saturated rings. The Hall–Kier alpha value is -2.32. The predicted octanol–water partition coefficient (Wildman–Crippen LogP) is 3.78. The molecule has 8 heteroatoms.